The Balaban J connectivity index is 1.89. The van der Waals surface area contributed by atoms with Crippen LogP contribution in [-0.2, 0) is 0 Å². The Bertz CT molecular complexity index is 536. The molecule has 0 bridgehead atoms. The van der Waals surface area contributed by atoms with Gasteiger partial charge in [-0.05, 0) is 67.1 Å². The predicted molar refractivity (Wildman–Crippen MR) is 96.3 cm³/mol. The van der Waals surface area contributed by atoms with Gasteiger partial charge in [0.1, 0.15) is 0 Å². The van der Waals surface area contributed by atoms with Crippen molar-refractivity contribution in [2.24, 2.45) is 11.3 Å². The summed E-state index contributed by atoms with van der Waals surface area (Å²) in [6, 6.07) is 10.8. The first-order valence-electron chi connectivity index (χ1n) is 9.80. The molecule has 23 heavy (non-hydrogen) atoms. The molecule has 2 fully saturated rings. The lowest BCUT2D eigenvalue weighted by Crippen LogP contribution is -2.42. The summed E-state index contributed by atoms with van der Waals surface area (Å²) in [7, 11) is 0. The molecule has 1 nitrogen and oxygen atoms in total. The van der Waals surface area contributed by atoms with Gasteiger partial charge in [-0.25, -0.2) is 0 Å². The Hall–Kier alpha value is -1.29. The van der Waals surface area contributed by atoms with Crippen LogP contribution in [-0.4, -0.2) is 0 Å². The molecule has 3 atom stereocenters. The SMILES string of the molecule is CCCCC[C@]12CCCC[C@@H]1CCCC2c1ccc(C#N)cc1. The lowest BCUT2D eigenvalue weighted by atomic mass is 9.51. The Morgan fingerprint density at radius 1 is 1.04 bits per heavy atom. The number of benzene rings is 1. The predicted octanol–water partition coefficient (Wildman–Crippen LogP) is 6.58. The highest BCUT2D eigenvalue weighted by Crippen LogP contribution is 2.59. The highest BCUT2D eigenvalue weighted by molar-refractivity contribution is 5.34. The van der Waals surface area contributed by atoms with E-state index < -0.39 is 0 Å². The normalized spacial score (nSPS) is 30.4. The second kappa shape index (κ2) is 7.52. The van der Waals surface area contributed by atoms with Gasteiger partial charge in [0, 0.05) is 0 Å². The van der Waals surface area contributed by atoms with Crippen molar-refractivity contribution in [2.75, 3.05) is 0 Å². The summed E-state index contributed by atoms with van der Waals surface area (Å²) >= 11 is 0. The third kappa shape index (κ3) is 3.32. The summed E-state index contributed by atoms with van der Waals surface area (Å²) in [4.78, 5) is 0. The standard InChI is InChI=1S/C22H31N/c1-2-3-5-15-22-16-6-4-8-20(22)9-7-10-21(22)19-13-11-18(17-23)12-14-19/h11-14,20-21H,2-10,15-16H2,1H3/t20-,21?,22+/m1/s1. The van der Waals surface area contributed by atoms with Crippen LogP contribution in [0.1, 0.15) is 94.6 Å². The van der Waals surface area contributed by atoms with Crippen molar-refractivity contribution in [3.8, 4) is 6.07 Å². The second-order valence-corrected chi connectivity index (χ2v) is 7.85. The van der Waals surface area contributed by atoms with Crippen LogP contribution < -0.4 is 0 Å². The van der Waals surface area contributed by atoms with Gasteiger partial charge in [0.25, 0.3) is 0 Å². The van der Waals surface area contributed by atoms with E-state index in [4.69, 9.17) is 5.26 Å². The van der Waals surface area contributed by atoms with E-state index in [0.717, 1.165) is 17.4 Å². The van der Waals surface area contributed by atoms with E-state index in [2.05, 4.69) is 25.1 Å². The zero-order valence-corrected chi connectivity index (χ0v) is 14.7. The average molecular weight is 309 g/mol. The van der Waals surface area contributed by atoms with E-state index in [-0.39, 0.29) is 0 Å². The molecule has 1 unspecified atom stereocenters. The minimum atomic E-state index is 0.555. The second-order valence-electron chi connectivity index (χ2n) is 7.85. The van der Waals surface area contributed by atoms with E-state index in [1.165, 1.54) is 76.2 Å². The first kappa shape index (κ1) is 16.6. The molecule has 0 aliphatic heterocycles. The van der Waals surface area contributed by atoms with Crippen molar-refractivity contribution < 1.29 is 0 Å². The summed E-state index contributed by atoms with van der Waals surface area (Å²) in [6.07, 6.45) is 15.5. The molecule has 2 saturated carbocycles. The molecule has 0 N–H and O–H groups in total. The fourth-order valence-corrected chi connectivity index (χ4v) is 5.58. The molecule has 1 heteroatoms. The van der Waals surface area contributed by atoms with E-state index >= 15 is 0 Å². The highest BCUT2D eigenvalue weighted by atomic mass is 14.5. The first-order chi connectivity index (χ1) is 11.3. The number of hydrogen-bond acceptors (Lipinski definition) is 1. The molecule has 3 rings (SSSR count). The van der Waals surface area contributed by atoms with Crippen LogP contribution in [0.25, 0.3) is 0 Å². The van der Waals surface area contributed by atoms with Crippen molar-refractivity contribution in [2.45, 2.75) is 83.5 Å². The molecule has 2 aliphatic rings. The highest BCUT2D eigenvalue weighted by Gasteiger charge is 2.48. The van der Waals surface area contributed by atoms with Gasteiger partial charge in [0.2, 0.25) is 0 Å². The molecule has 1 aromatic rings. The molecule has 1 aromatic carbocycles. The van der Waals surface area contributed by atoms with E-state index in [0.29, 0.717) is 5.41 Å². The topological polar surface area (TPSA) is 23.8 Å². The number of unbranched alkanes of at least 4 members (excludes halogenated alkanes) is 2. The summed E-state index contributed by atoms with van der Waals surface area (Å²) in [5, 5.41) is 9.07. The number of rotatable bonds is 5. The van der Waals surface area contributed by atoms with Crippen molar-refractivity contribution >= 4 is 0 Å². The lowest BCUT2D eigenvalue weighted by molar-refractivity contribution is 0.00977. The molecule has 0 spiro atoms. The number of hydrogen-bond donors (Lipinski definition) is 0. The van der Waals surface area contributed by atoms with Crippen molar-refractivity contribution in [1.82, 2.24) is 0 Å². The fourth-order valence-electron chi connectivity index (χ4n) is 5.58. The lowest BCUT2D eigenvalue weighted by Gasteiger charge is -2.53. The van der Waals surface area contributed by atoms with Crippen LogP contribution in [0.3, 0.4) is 0 Å². The number of fused-ring (bicyclic) bond motifs is 1. The zero-order valence-electron chi connectivity index (χ0n) is 14.7. The summed E-state index contributed by atoms with van der Waals surface area (Å²) in [5.74, 6) is 1.67. The molecule has 0 amide bonds. The minimum Gasteiger partial charge on any atom is -0.192 e. The van der Waals surface area contributed by atoms with E-state index in [1.807, 2.05) is 12.1 Å². The first-order valence-corrected chi connectivity index (χ1v) is 9.80. The van der Waals surface area contributed by atoms with Crippen LogP contribution in [0.4, 0.5) is 0 Å². The van der Waals surface area contributed by atoms with Gasteiger partial charge in [-0.3, -0.25) is 0 Å². The maximum atomic E-state index is 9.07. The molecule has 0 radical (unpaired) electrons. The van der Waals surface area contributed by atoms with Crippen LogP contribution in [0.5, 0.6) is 0 Å². The summed E-state index contributed by atoms with van der Waals surface area (Å²) < 4.78 is 0. The fraction of sp³-hybridized carbons (Fsp3) is 0.682. The third-order valence-electron chi connectivity index (χ3n) is 6.69. The Morgan fingerprint density at radius 3 is 2.57 bits per heavy atom. The molecule has 124 valence electrons. The minimum absolute atomic E-state index is 0.555. The smallest absolute Gasteiger partial charge is 0.0991 e. The molecule has 0 aromatic heterocycles. The van der Waals surface area contributed by atoms with Gasteiger partial charge in [-0.2, -0.15) is 5.26 Å². The van der Waals surface area contributed by atoms with Gasteiger partial charge in [0.15, 0.2) is 0 Å². The van der Waals surface area contributed by atoms with Crippen LogP contribution in [0.15, 0.2) is 24.3 Å². The molecular formula is C22H31N. The van der Waals surface area contributed by atoms with Crippen molar-refractivity contribution in [3.63, 3.8) is 0 Å². The number of nitriles is 1. The average Bonchev–Trinajstić information content (AvgIpc) is 2.61. The maximum absolute atomic E-state index is 9.07. The Morgan fingerprint density at radius 2 is 1.83 bits per heavy atom. The van der Waals surface area contributed by atoms with E-state index in [1.54, 1.807) is 0 Å². The molecule has 0 saturated heterocycles. The summed E-state index contributed by atoms with van der Waals surface area (Å²) in [5.41, 5.74) is 2.86. The summed E-state index contributed by atoms with van der Waals surface area (Å²) in [6.45, 7) is 2.31. The van der Waals surface area contributed by atoms with Crippen LogP contribution in [0, 0.1) is 22.7 Å². The van der Waals surface area contributed by atoms with Gasteiger partial charge < -0.3 is 0 Å². The van der Waals surface area contributed by atoms with Gasteiger partial charge in [-0.15, -0.1) is 0 Å². The van der Waals surface area contributed by atoms with Crippen LogP contribution in [0.2, 0.25) is 0 Å². The van der Waals surface area contributed by atoms with Gasteiger partial charge in [-0.1, -0.05) is 57.6 Å². The zero-order chi connectivity index (χ0) is 16.1. The molecule has 2 aliphatic carbocycles. The van der Waals surface area contributed by atoms with Gasteiger partial charge in [0.05, 0.1) is 11.6 Å². The number of nitrogens with zero attached hydrogens (tertiary/aromatic N) is 1. The third-order valence-corrected chi connectivity index (χ3v) is 6.69. The largest absolute Gasteiger partial charge is 0.192 e. The Labute approximate surface area is 142 Å². The van der Waals surface area contributed by atoms with Crippen molar-refractivity contribution in [1.29, 1.82) is 5.26 Å². The van der Waals surface area contributed by atoms with Gasteiger partial charge >= 0.3 is 0 Å². The monoisotopic (exact) mass is 309 g/mol. The molecular weight excluding hydrogens is 278 g/mol. The Kier molecular flexibility index (Phi) is 5.42. The van der Waals surface area contributed by atoms with Crippen molar-refractivity contribution in [3.05, 3.63) is 35.4 Å². The quantitative estimate of drug-likeness (QED) is 0.563. The maximum Gasteiger partial charge on any atom is 0.0991 e. The molecule has 0 heterocycles. The van der Waals surface area contributed by atoms with E-state index in [9.17, 15) is 0 Å². The van der Waals surface area contributed by atoms with Crippen LogP contribution >= 0.6 is 0 Å².